The van der Waals surface area contributed by atoms with Gasteiger partial charge in [-0.1, -0.05) is 24.0 Å². The average Bonchev–Trinajstić information content (AvgIpc) is 2.79. The first-order chi connectivity index (χ1) is 11.0. The van der Waals surface area contributed by atoms with E-state index in [0.29, 0.717) is 26.3 Å². The van der Waals surface area contributed by atoms with Crippen LogP contribution in [0.25, 0.3) is 6.08 Å². The topological polar surface area (TPSA) is 78.9 Å². The van der Waals surface area contributed by atoms with E-state index in [9.17, 15) is 14.7 Å². The molecule has 0 spiro atoms. The number of nitrogens with zero attached hydrogens (tertiary/aromatic N) is 1. The monoisotopic (exact) mass is 352 g/mol. The zero-order valence-corrected chi connectivity index (χ0v) is 14.2. The van der Waals surface area contributed by atoms with Crippen LogP contribution in [0.1, 0.15) is 12.0 Å². The molecule has 0 N–H and O–H groups in total. The summed E-state index contributed by atoms with van der Waals surface area (Å²) in [6.45, 7) is 0.00406. The van der Waals surface area contributed by atoms with Crippen molar-refractivity contribution >= 4 is 46.3 Å². The molecule has 0 aromatic heterocycles. The van der Waals surface area contributed by atoms with Crippen LogP contribution < -0.4 is 14.6 Å². The predicted octanol–water partition coefficient (Wildman–Crippen LogP) is 1.04. The van der Waals surface area contributed by atoms with Crippen LogP contribution in [0.15, 0.2) is 23.1 Å². The van der Waals surface area contributed by atoms with E-state index >= 15 is 0 Å². The Kier molecular flexibility index (Phi) is 5.62. The highest BCUT2D eigenvalue weighted by Gasteiger charge is 2.31. The summed E-state index contributed by atoms with van der Waals surface area (Å²) in [7, 11) is 3.08. The van der Waals surface area contributed by atoms with Gasteiger partial charge in [0.05, 0.1) is 19.1 Å². The number of ether oxygens (including phenoxy) is 2. The fourth-order valence-corrected chi connectivity index (χ4v) is 3.27. The van der Waals surface area contributed by atoms with Crippen molar-refractivity contribution in [3.8, 4) is 11.5 Å². The Hall–Kier alpha value is -2.06. The maximum atomic E-state index is 12.3. The molecule has 0 atom stereocenters. The lowest BCUT2D eigenvalue weighted by Crippen LogP contribution is -2.33. The van der Waals surface area contributed by atoms with Gasteiger partial charge in [0.2, 0.25) is 0 Å². The number of hydrogen-bond donors (Lipinski definition) is 0. The molecule has 0 saturated carbocycles. The van der Waals surface area contributed by atoms with Gasteiger partial charge in [-0.05, 0) is 18.2 Å². The number of thioether (sulfide) groups is 1. The molecule has 1 aliphatic rings. The Labute approximate surface area is 143 Å². The summed E-state index contributed by atoms with van der Waals surface area (Å²) in [5, 5.41) is 10.5. The molecule has 1 fully saturated rings. The standard InChI is InChI=1S/C15H15NO5S2/c1-20-10-4-3-9(11(8-10)21-2)7-12-14(19)16(15(22)23-12)6-5-13(17)18/h3-4,7-8H,5-6H2,1-2H3,(H,17,18)/p-1/b12-7+. The van der Waals surface area contributed by atoms with Gasteiger partial charge in [-0.25, -0.2) is 0 Å². The number of carboxylic acid groups (broad SMARTS) is 1. The number of aliphatic carboxylic acids is 1. The first-order valence-electron chi connectivity index (χ1n) is 6.63. The third kappa shape index (κ3) is 4.02. The van der Waals surface area contributed by atoms with Gasteiger partial charge in [-0.2, -0.15) is 0 Å². The Morgan fingerprint density at radius 1 is 1.39 bits per heavy atom. The highest BCUT2D eigenvalue weighted by atomic mass is 32.2. The van der Waals surface area contributed by atoms with E-state index in [1.54, 1.807) is 31.4 Å². The first kappa shape index (κ1) is 17.3. The molecule has 1 aromatic rings. The molecule has 1 saturated heterocycles. The Morgan fingerprint density at radius 2 is 2.13 bits per heavy atom. The number of carbonyl (C=O) groups is 2. The lowest BCUT2D eigenvalue weighted by atomic mass is 10.1. The number of hydrogen-bond acceptors (Lipinski definition) is 7. The second kappa shape index (κ2) is 7.47. The van der Waals surface area contributed by atoms with Gasteiger partial charge in [-0.15, -0.1) is 0 Å². The Morgan fingerprint density at radius 3 is 2.74 bits per heavy atom. The molecule has 6 nitrogen and oxygen atoms in total. The molecule has 1 amide bonds. The summed E-state index contributed by atoms with van der Waals surface area (Å²) in [6, 6.07) is 5.24. The predicted molar refractivity (Wildman–Crippen MR) is 89.0 cm³/mol. The summed E-state index contributed by atoms with van der Waals surface area (Å²) in [6.07, 6.45) is 1.40. The molecule has 2 rings (SSSR count). The number of methoxy groups -OCH3 is 2. The summed E-state index contributed by atoms with van der Waals surface area (Å²) in [5.74, 6) is -0.344. The van der Waals surface area contributed by atoms with E-state index in [1.165, 1.54) is 12.0 Å². The van der Waals surface area contributed by atoms with Crippen molar-refractivity contribution in [1.82, 2.24) is 4.90 Å². The maximum Gasteiger partial charge on any atom is 0.266 e. The van der Waals surface area contributed by atoms with E-state index in [0.717, 1.165) is 11.8 Å². The van der Waals surface area contributed by atoms with Crippen molar-refractivity contribution in [1.29, 1.82) is 0 Å². The van der Waals surface area contributed by atoms with Crippen molar-refractivity contribution in [2.45, 2.75) is 6.42 Å². The van der Waals surface area contributed by atoms with E-state index in [2.05, 4.69) is 0 Å². The van der Waals surface area contributed by atoms with E-state index in [1.807, 2.05) is 0 Å². The quantitative estimate of drug-likeness (QED) is 0.559. The van der Waals surface area contributed by atoms with Gasteiger partial charge in [0.15, 0.2) is 0 Å². The highest BCUT2D eigenvalue weighted by molar-refractivity contribution is 8.26. The number of rotatable bonds is 6. The van der Waals surface area contributed by atoms with Gasteiger partial charge in [0.1, 0.15) is 15.8 Å². The van der Waals surface area contributed by atoms with Crippen LogP contribution in [0, 0.1) is 0 Å². The summed E-state index contributed by atoms with van der Waals surface area (Å²) in [4.78, 5) is 24.5. The van der Waals surface area contributed by atoms with Crippen molar-refractivity contribution < 1.29 is 24.2 Å². The minimum atomic E-state index is -1.22. The smallest absolute Gasteiger partial charge is 0.266 e. The van der Waals surface area contributed by atoms with E-state index < -0.39 is 5.97 Å². The van der Waals surface area contributed by atoms with Crippen LogP contribution in [-0.2, 0) is 9.59 Å². The number of carbonyl (C=O) groups excluding carboxylic acids is 2. The van der Waals surface area contributed by atoms with Crippen molar-refractivity contribution in [2.24, 2.45) is 0 Å². The lowest BCUT2D eigenvalue weighted by Gasteiger charge is -2.14. The van der Waals surface area contributed by atoms with Gasteiger partial charge in [-0.3, -0.25) is 9.69 Å². The largest absolute Gasteiger partial charge is 0.550 e. The van der Waals surface area contributed by atoms with E-state index in [4.69, 9.17) is 21.7 Å². The van der Waals surface area contributed by atoms with Crippen LogP contribution in [0.2, 0.25) is 0 Å². The third-order valence-corrected chi connectivity index (χ3v) is 4.52. The molecule has 1 aromatic carbocycles. The number of benzene rings is 1. The maximum absolute atomic E-state index is 12.3. The summed E-state index contributed by atoms with van der Waals surface area (Å²) >= 11 is 6.25. The minimum absolute atomic E-state index is 0.00406. The molecule has 1 aliphatic heterocycles. The molecule has 0 bridgehead atoms. The molecular weight excluding hydrogens is 338 g/mol. The molecule has 0 unspecified atom stereocenters. The van der Waals surface area contributed by atoms with Crippen molar-refractivity contribution in [3.63, 3.8) is 0 Å². The molecule has 1 heterocycles. The van der Waals surface area contributed by atoms with Crippen LogP contribution in [0.5, 0.6) is 11.5 Å². The van der Waals surface area contributed by atoms with Crippen LogP contribution in [-0.4, -0.2) is 41.9 Å². The van der Waals surface area contributed by atoms with Crippen molar-refractivity contribution in [3.05, 3.63) is 28.7 Å². The lowest BCUT2D eigenvalue weighted by molar-refractivity contribution is -0.305. The highest BCUT2D eigenvalue weighted by Crippen LogP contribution is 2.35. The normalized spacial score (nSPS) is 16.1. The second-order valence-electron chi connectivity index (χ2n) is 4.56. The van der Waals surface area contributed by atoms with Gasteiger partial charge in [0.25, 0.3) is 5.91 Å². The molecule has 8 heteroatoms. The van der Waals surface area contributed by atoms with Crippen molar-refractivity contribution in [2.75, 3.05) is 20.8 Å². The molecule has 122 valence electrons. The van der Waals surface area contributed by atoms with E-state index in [-0.39, 0.29) is 18.9 Å². The SMILES string of the molecule is COc1ccc(/C=C2/SC(=S)N(CCC(=O)[O-])C2=O)c(OC)c1. The third-order valence-electron chi connectivity index (χ3n) is 3.14. The zero-order chi connectivity index (χ0) is 17.0. The minimum Gasteiger partial charge on any atom is -0.550 e. The fourth-order valence-electron chi connectivity index (χ4n) is 1.97. The number of carboxylic acids is 1. The fraction of sp³-hybridized carbons (Fsp3) is 0.267. The second-order valence-corrected chi connectivity index (χ2v) is 6.24. The summed E-state index contributed by atoms with van der Waals surface area (Å²) < 4.78 is 10.7. The first-order valence-corrected chi connectivity index (χ1v) is 7.86. The Balaban J connectivity index is 2.25. The molecule has 0 radical (unpaired) electrons. The zero-order valence-electron chi connectivity index (χ0n) is 12.5. The summed E-state index contributed by atoms with van der Waals surface area (Å²) in [5.41, 5.74) is 0.703. The van der Waals surface area contributed by atoms with Crippen LogP contribution >= 0.6 is 24.0 Å². The van der Waals surface area contributed by atoms with Gasteiger partial charge in [0, 0.05) is 30.6 Å². The Bertz CT molecular complexity index is 686. The number of thiocarbonyl (C=S) groups is 1. The van der Waals surface area contributed by atoms with Crippen LogP contribution in [0.3, 0.4) is 0 Å². The number of amides is 1. The van der Waals surface area contributed by atoms with Crippen LogP contribution in [0.4, 0.5) is 0 Å². The van der Waals surface area contributed by atoms with Gasteiger partial charge >= 0.3 is 0 Å². The van der Waals surface area contributed by atoms with Gasteiger partial charge < -0.3 is 19.4 Å². The molecular formula is C15H14NO5S2-. The molecule has 23 heavy (non-hydrogen) atoms. The molecule has 0 aliphatic carbocycles. The average molecular weight is 352 g/mol.